The second kappa shape index (κ2) is 5.73. The van der Waals surface area contributed by atoms with Gasteiger partial charge in [0.25, 0.3) is 0 Å². The van der Waals surface area contributed by atoms with Crippen molar-refractivity contribution in [3.8, 4) is 11.5 Å². The molecule has 0 saturated heterocycles. The van der Waals surface area contributed by atoms with Gasteiger partial charge in [-0.2, -0.15) is 0 Å². The zero-order valence-corrected chi connectivity index (χ0v) is 10.6. The van der Waals surface area contributed by atoms with Crippen molar-refractivity contribution in [2.24, 2.45) is 5.92 Å². The van der Waals surface area contributed by atoms with Crippen molar-refractivity contribution in [2.75, 3.05) is 20.5 Å². The van der Waals surface area contributed by atoms with Crippen LogP contribution in [0.2, 0.25) is 0 Å². The Hall–Kier alpha value is -1.37. The number of hydrogen-bond acceptors (Lipinski definition) is 3. The van der Waals surface area contributed by atoms with E-state index in [0.717, 1.165) is 18.9 Å². The predicted molar refractivity (Wildman–Crippen MR) is 65.9 cm³/mol. The van der Waals surface area contributed by atoms with Crippen LogP contribution in [0.3, 0.4) is 0 Å². The molecular formula is C12H15BF3O3-. The van der Waals surface area contributed by atoms with Crippen LogP contribution in [-0.4, -0.2) is 27.5 Å². The van der Waals surface area contributed by atoms with Crippen LogP contribution in [0.1, 0.15) is 12.8 Å². The van der Waals surface area contributed by atoms with Crippen molar-refractivity contribution in [1.82, 2.24) is 0 Å². The van der Waals surface area contributed by atoms with Crippen molar-refractivity contribution in [2.45, 2.75) is 12.8 Å². The molecule has 0 N–H and O–H groups in total. The lowest BCUT2D eigenvalue weighted by molar-refractivity contribution is 0.0104. The van der Waals surface area contributed by atoms with Gasteiger partial charge in [-0.05, 0) is 37.0 Å². The fourth-order valence-corrected chi connectivity index (χ4v) is 1.65. The van der Waals surface area contributed by atoms with E-state index in [2.05, 4.69) is 0 Å². The molecule has 2 rings (SSSR count). The number of halogens is 3. The first-order chi connectivity index (χ1) is 9.00. The van der Waals surface area contributed by atoms with Gasteiger partial charge in [0.2, 0.25) is 0 Å². The van der Waals surface area contributed by atoms with Crippen LogP contribution in [-0.2, 0) is 4.74 Å². The Morgan fingerprint density at radius 3 is 2.58 bits per heavy atom. The minimum absolute atomic E-state index is 0.153. The van der Waals surface area contributed by atoms with E-state index >= 15 is 0 Å². The summed E-state index contributed by atoms with van der Waals surface area (Å²) >= 11 is 0. The highest BCUT2D eigenvalue weighted by Gasteiger charge is 2.30. The average molecular weight is 275 g/mol. The van der Waals surface area contributed by atoms with Crippen molar-refractivity contribution >= 4 is 12.4 Å². The first kappa shape index (κ1) is 14.1. The molecular weight excluding hydrogens is 260 g/mol. The lowest BCUT2D eigenvalue weighted by Crippen LogP contribution is -2.35. The molecule has 0 atom stereocenters. The van der Waals surface area contributed by atoms with Gasteiger partial charge in [-0.25, -0.2) is 0 Å². The van der Waals surface area contributed by atoms with Crippen LogP contribution < -0.4 is 14.9 Å². The Morgan fingerprint density at radius 1 is 1.26 bits per heavy atom. The predicted octanol–water partition coefficient (Wildman–Crippen LogP) is 2.51. The smallest absolute Gasteiger partial charge is 0.497 e. The second-order valence-electron chi connectivity index (χ2n) is 4.55. The van der Waals surface area contributed by atoms with Gasteiger partial charge in [0.15, 0.2) is 6.79 Å². The SMILES string of the molecule is COc1ccc(OCOCC2CC2)c([B-](F)(F)F)c1. The molecule has 3 nitrogen and oxygen atoms in total. The quantitative estimate of drug-likeness (QED) is 0.435. The van der Waals surface area contributed by atoms with Crippen LogP contribution in [0.15, 0.2) is 18.2 Å². The third kappa shape index (κ3) is 4.06. The van der Waals surface area contributed by atoms with Crippen LogP contribution >= 0.6 is 0 Å². The van der Waals surface area contributed by atoms with E-state index in [9.17, 15) is 12.9 Å². The van der Waals surface area contributed by atoms with Gasteiger partial charge in [-0.3, -0.25) is 0 Å². The maximum absolute atomic E-state index is 12.9. The molecule has 0 heterocycles. The summed E-state index contributed by atoms with van der Waals surface area (Å²) in [5.74, 6) is 0.482. The van der Waals surface area contributed by atoms with E-state index in [4.69, 9.17) is 14.2 Å². The zero-order valence-electron chi connectivity index (χ0n) is 10.6. The molecule has 19 heavy (non-hydrogen) atoms. The molecule has 1 aliphatic carbocycles. The third-order valence-electron chi connectivity index (χ3n) is 2.92. The van der Waals surface area contributed by atoms with E-state index in [-0.39, 0.29) is 18.3 Å². The summed E-state index contributed by atoms with van der Waals surface area (Å²) in [7, 11) is 1.32. The largest absolute Gasteiger partial charge is 0.513 e. The van der Waals surface area contributed by atoms with Gasteiger partial charge in [-0.1, -0.05) is 5.46 Å². The molecule has 0 radical (unpaired) electrons. The van der Waals surface area contributed by atoms with E-state index in [1.165, 1.54) is 19.2 Å². The van der Waals surface area contributed by atoms with Crippen LogP contribution in [0, 0.1) is 5.92 Å². The summed E-state index contributed by atoms with van der Waals surface area (Å²) in [6.07, 6.45) is 2.25. The number of hydrogen-bond donors (Lipinski definition) is 0. The highest BCUT2D eigenvalue weighted by molar-refractivity contribution is 6.74. The summed E-state index contributed by atoms with van der Waals surface area (Å²) in [4.78, 5) is 0. The Bertz CT molecular complexity index is 433. The molecule has 7 heteroatoms. The molecule has 0 amide bonds. The fraction of sp³-hybridized carbons (Fsp3) is 0.500. The molecule has 0 aromatic heterocycles. The molecule has 106 valence electrons. The van der Waals surface area contributed by atoms with Crippen molar-refractivity contribution in [3.05, 3.63) is 18.2 Å². The lowest BCUT2D eigenvalue weighted by Gasteiger charge is -2.20. The van der Waals surface area contributed by atoms with Gasteiger partial charge >= 0.3 is 6.98 Å². The van der Waals surface area contributed by atoms with Gasteiger partial charge in [0.1, 0.15) is 5.75 Å². The highest BCUT2D eigenvalue weighted by atomic mass is 19.4. The van der Waals surface area contributed by atoms with Crippen molar-refractivity contribution < 1.29 is 27.2 Å². The Morgan fingerprint density at radius 2 is 2.00 bits per heavy atom. The summed E-state index contributed by atoms with van der Waals surface area (Å²) in [5, 5.41) is 0. The minimum Gasteiger partial charge on any atom is -0.497 e. The molecule has 1 aromatic rings. The van der Waals surface area contributed by atoms with E-state index in [1.54, 1.807) is 0 Å². The number of benzene rings is 1. The molecule has 1 aromatic carbocycles. The van der Waals surface area contributed by atoms with E-state index in [1.807, 2.05) is 0 Å². The maximum atomic E-state index is 12.9. The van der Waals surface area contributed by atoms with Gasteiger partial charge in [0, 0.05) is 0 Å². The average Bonchev–Trinajstić information content (AvgIpc) is 3.17. The van der Waals surface area contributed by atoms with Gasteiger partial charge in [-0.15, -0.1) is 0 Å². The fourth-order valence-electron chi connectivity index (χ4n) is 1.65. The zero-order chi connectivity index (χ0) is 13.9. The molecule has 0 spiro atoms. The molecule has 1 saturated carbocycles. The highest BCUT2D eigenvalue weighted by Crippen LogP contribution is 2.29. The maximum Gasteiger partial charge on any atom is 0.513 e. The summed E-state index contributed by atoms with van der Waals surface area (Å²) in [5.41, 5.74) is -0.797. The number of methoxy groups -OCH3 is 1. The summed E-state index contributed by atoms with van der Waals surface area (Å²) in [6, 6.07) is 3.63. The molecule has 1 fully saturated rings. The first-order valence-corrected chi connectivity index (χ1v) is 6.09. The topological polar surface area (TPSA) is 27.7 Å². The number of rotatable bonds is 7. The molecule has 0 aliphatic heterocycles. The standard InChI is InChI=1S/C12H15BF3O3/c1-17-10-4-5-12(11(6-10)13(14,15)16)19-8-18-7-9-2-3-9/h4-6,9H,2-3,7-8H2,1H3/q-1. The Kier molecular flexibility index (Phi) is 4.24. The van der Waals surface area contributed by atoms with Crippen molar-refractivity contribution in [3.63, 3.8) is 0 Å². The second-order valence-corrected chi connectivity index (χ2v) is 4.55. The van der Waals surface area contributed by atoms with Crippen LogP contribution in [0.5, 0.6) is 11.5 Å². The summed E-state index contributed by atoms with van der Waals surface area (Å²) in [6.45, 7) is -4.77. The molecule has 0 bridgehead atoms. The van der Waals surface area contributed by atoms with E-state index < -0.39 is 12.4 Å². The first-order valence-electron chi connectivity index (χ1n) is 6.09. The van der Waals surface area contributed by atoms with E-state index in [0.29, 0.717) is 12.5 Å². The van der Waals surface area contributed by atoms with Crippen LogP contribution in [0.25, 0.3) is 0 Å². The minimum atomic E-state index is -5.15. The summed E-state index contributed by atoms with van der Waals surface area (Å²) < 4.78 is 53.7. The van der Waals surface area contributed by atoms with Gasteiger partial charge in [0.05, 0.1) is 19.5 Å². The number of ether oxygens (including phenoxy) is 3. The monoisotopic (exact) mass is 275 g/mol. The molecule has 0 unspecified atom stereocenters. The normalized spacial score (nSPS) is 15.4. The van der Waals surface area contributed by atoms with Crippen molar-refractivity contribution in [1.29, 1.82) is 0 Å². The van der Waals surface area contributed by atoms with Crippen LogP contribution in [0.4, 0.5) is 12.9 Å². The van der Waals surface area contributed by atoms with Gasteiger partial charge < -0.3 is 27.2 Å². The lowest BCUT2D eigenvalue weighted by atomic mass is 9.79. The Labute approximate surface area is 109 Å². The Balaban J connectivity index is 2.00. The third-order valence-corrected chi connectivity index (χ3v) is 2.92. The molecule has 1 aliphatic rings.